The molecule has 33 heavy (non-hydrogen) atoms. The normalized spacial score (nSPS) is 19.4. The van der Waals surface area contributed by atoms with E-state index in [-0.39, 0.29) is 51.1 Å². The van der Waals surface area contributed by atoms with Crippen LogP contribution in [0.25, 0.3) is 0 Å². The van der Waals surface area contributed by atoms with Crippen LogP contribution in [0.1, 0.15) is 27.1 Å². The number of anilines is 1. The van der Waals surface area contributed by atoms with Gasteiger partial charge in [0.25, 0.3) is 23.6 Å². The van der Waals surface area contributed by atoms with Crippen molar-refractivity contribution in [2.24, 2.45) is 0 Å². The fourth-order valence-corrected chi connectivity index (χ4v) is 4.62. The zero-order valence-electron chi connectivity index (χ0n) is 16.7. The second-order valence-electron chi connectivity index (χ2n) is 7.58. The molecular weight excluding hydrogens is 471 g/mol. The Hall–Kier alpha value is -3.53. The highest BCUT2D eigenvalue weighted by molar-refractivity contribution is 6.37. The van der Waals surface area contributed by atoms with Crippen LogP contribution in [0, 0.1) is 0 Å². The molecule has 0 saturated carbocycles. The standard InChI is InChI=1S/C22H14Cl2N4O5/c23-10-7-11(24)9-12(8-10)28-21(32)16-17(25-26-18(16)22(28)33)15(29)5-6-27-19(30)13-3-1-2-4-14(13)20(27)31/h1-4,7-9,18,25-26H,5-6H2/t18-/m1/s1. The van der Waals surface area contributed by atoms with Gasteiger partial charge in [-0.3, -0.25) is 28.9 Å². The third-order valence-electron chi connectivity index (χ3n) is 5.63. The molecule has 0 aromatic heterocycles. The fourth-order valence-electron chi connectivity index (χ4n) is 4.11. The summed E-state index contributed by atoms with van der Waals surface area (Å²) >= 11 is 12.0. The first-order valence-electron chi connectivity index (χ1n) is 9.86. The first kappa shape index (κ1) is 21.3. The van der Waals surface area contributed by atoms with E-state index in [2.05, 4.69) is 10.9 Å². The van der Waals surface area contributed by atoms with Gasteiger partial charge in [-0.05, 0) is 30.3 Å². The lowest BCUT2D eigenvalue weighted by Gasteiger charge is -2.17. The topological polar surface area (TPSA) is 116 Å². The summed E-state index contributed by atoms with van der Waals surface area (Å²) in [6.45, 7) is -0.163. The van der Waals surface area contributed by atoms with E-state index in [0.29, 0.717) is 0 Å². The summed E-state index contributed by atoms with van der Waals surface area (Å²) in [5, 5.41) is 0.486. The van der Waals surface area contributed by atoms with E-state index in [4.69, 9.17) is 23.2 Å². The Morgan fingerprint density at radius 3 is 2.12 bits per heavy atom. The number of carbonyl (C=O) groups is 5. The highest BCUT2D eigenvalue weighted by Crippen LogP contribution is 2.33. The molecule has 0 aliphatic carbocycles. The molecule has 3 aliphatic rings. The number of hydrogen-bond donors (Lipinski definition) is 2. The van der Waals surface area contributed by atoms with Crippen molar-refractivity contribution in [2.45, 2.75) is 12.5 Å². The molecule has 0 radical (unpaired) electrons. The third kappa shape index (κ3) is 3.32. The quantitative estimate of drug-likeness (QED) is 0.622. The van der Waals surface area contributed by atoms with E-state index in [1.165, 1.54) is 18.2 Å². The molecule has 1 fully saturated rings. The summed E-state index contributed by atoms with van der Waals surface area (Å²) in [4.78, 5) is 65.7. The highest BCUT2D eigenvalue weighted by atomic mass is 35.5. The van der Waals surface area contributed by atoms with Gasteiger partial charge in [0.05, 0.1) is 22.4 Å². The molecule has 3 heterocycles. The zero-order valence-corrected chi connectivity index (χ0v) is 18.2. The molecule has 11 heteroatoms. The van der Waals surface area contributed by atoms with Crippen molar-refractivity contribution in [3.8, 4) is 0 Å². The second-order valence-corrected chi connectivity index (χ2v) is 8.45. The molecule has 5 rings (SSSR count). The molecule has 1 saturated heterocycles. The van der Waals surface area contributed by atoms with E-state index in [9.17, 15) is 24.0 Å². The fraction of sp³-hybridized carbons (Fsp3) is 0.136. The minimum absolute atomic E-state index is 0.0385. The first-order valence-corrected chi connectivity index (χ1v) is 10.6. The van der Waals surface area contributed by atoms with Crippen LogP contribution in [0.4, 0.5) is 5.69 Å². The van der Waals surface area contributed by atoms with Crippen LogP contribution in [0.3, 0.4) is 0 Å². The molecule has 0 bridgehead atoms. The van der Waals surface area contributed by atoms with Gasteiger partial charge >= 0.3 is 0 Å². The molecular formula is C22H14Cl2N4O5. The van der Waals surface area contributed by atoms with Crippen molar-refractivity contribution in [1.82, 2.24) is 15.8 Å². The van der Waals surface area contributed by atoms with E-state index in [1.807, 2.05) is 0 Å². The average Bonchev–Trinajstić information content (AvgIpc) is 3.39. The molecule has 2 N–H and O–H groups in total. The maximum atomic E-state index is 13.1. The smallest absolute Gasteiger partial charge is 0.265 e. The number of carbonyl (C=O) groups excluding carboxylic acids is 5. The summed E-state index contributed by atoms with van der Waals surface area (Å²) in [6, 6.07) is 9.65. The number of allylic oxidation sites excluding steroid dienone is 1. The monoisotopic (exact) mass is 484 g/mol. The Bertz CT molecular complexity index is 1270. The molecule has 0 unspecified atom stereocenters. The summed E-state index contributed by atoms with van der Waals surface area (Å²) in [5.74, 6) is -2.77. The lowest BCUT2D eigenvalue weighted by Crippen LogP contribution is -2.42. The lowest BCUT2D eigenvalue weighted by molar-refractivity contribution is -0.122. The number of fused-ring (bicyclic) bond motifs is 2. The van der Waals surface area contributed by atoms with Gasteiger partial charge in [0, 0.05) is 23.0 Å². The summed E-state index contributed by atoms with van der Waals surface area (Å²) in [6.07, 6.45) is -0.226. The zero-order chi connectivity index (χ0) is 23.4. The Morgan fingerprint density at radius 1 is 0.909 bits per heavy atom. The van der Waals surface area contributed by atoms with Crippen LogP contribution in [-0.2, 0) is 14.4 Å². The van der Waals surface area contributed by atoms with E-state index in [1.54, 1.807) is 24.3 Å². The minimum Gasteiger partial charge on any atom is -0.317 e. The number of nitrogens with one attached hydrogen (secondary N) is 2. The van der Waals surface area contributed by atoms with Crippen molar-refractivity contribution in [2.75, 3.05) is 11.4 Å². The van der Waals surface area contributed by atoms with E-state index >= 15 is 0 Å². The number of imide groups is 2. The van der Waals surface area contributed by atoms with E-state index in [0.717, 1.165) is 9.80 Å². The largest absolute Gasteiger partial charge is 0.317 e. The van der Waals surface area contributed by atoms with Crippen molar-refractivity contribution in [3.05, 3.63) is 74.9 Å². The number of halogens is 2. The number of ketones is 1. The molecule has 166 valence electrons. The van der Waals surface area contributed by atoms with Gasteiger partial charge in [0.1, 0.15) is 11.7 Å². The Morgan fingerprint density at radius 2 is 1.52 bits per heavy atom. The second kappa shape index (κ2) is 7.80. The molecule has 4 amide bonds. The van der Waals surface area contributed by atoms with Crippen LogP contribution >= 0.6 is 23.2 Å². The predicted molar refractivity (Wildman–Crippen MR) is 117 cm³/mol. The summed E-state index contributed by atoms with van der Waals surface area (Å²) in [5.41, 5.74) is 5.88. The van der Waals surface area contributed by atoms with Crippen LogP contribution in [-0.4, -0.2) is 46.9 Å². The average molecular weight is 485 g/mol. The van der Waals surface area contributed by atoms with Gasteiger partial charge in [0.2, 0.25) is 0 Å². The van der Waals surface area contributed by atoms with Crippen LogP contribution in [0.5, 0.6) is 0 Å². The molecule has 1 atom stereocenters. The maximum Gasteiger partial charge on any atom is 0.265 e. The maximum absolute atomic E-state index is 13.1. The summed E-state index contributed by atoms with van der Waals surface area (Å²) < 4.78 is 0. The molecule has 3 aliphatic heterocycles. The highest BCUT2D eigenvalue weighted by Gasteiger charge is 2.50. The number of nitrogens with zero attached hydrogens (tertiary/aromatic N) is 2. The lowest BCUT2D eigenvalue weighted by atomic mass is 10.1. The number of amides is 4. The van der Waals surface area contributed by atoms with E-state index < -0.39 is 35.5 Å². The van der Waals surface area contributed by atoms with Gasteiger partial charge in [-0.2, -0.15) is 0 Å². The summed E-state index contributed by atoms with van der Waals surface area (Å²) in [7, 11) is 0. The molecule has 2 aromatic carbocycles. The number of benzene rings is 2. The van der Waals surface area contributed by atoms with Crippen LogP contribution < -0.4 is 15.8 Å². The van der Waals surface area contributed by atoms with Crippen molar-refractivity contribution in [1.29, 1.82) is 0 Å². The van der Waals surface area contributed by atoms with Gasteiger partial charge in [0.15, 0.2) is 5.78 Å². The molecule has 9 nitrogen and oxygen atoms in total. The number of Topliss-reactive ketones (excluding diaryl/α,β-unsaturated/α-hetero) is 1. The molecule has 0 spiro atoms. The Balaban J connectivity index is 1.37. The minimum atomic E-state index is -1.06. The van der Waals surface area contributed by atoms with Crippen molar-refractivity contribution >= 4 is 58.3 Å². The Kier molecular flexibility index (Phi) is 5.04. The number of hydrazine groups is 1. The van der Waals surface area contributed by atoms with Crippen molar-refractivity contribution < 1.29 is 24.0 Å². The number of hydrogen-bond acceptors (Lipinski definition) is 7. The van der Waals surface area contributed by atoms with Gasteiger partial charge in [-0.25, -0.2) is 10.3 Å². The third-order valence-corrected chi connectivity index (χ3v) is 6.06. The van der Waals surface area contributed by atoms with Crippen LogP contribution in [0.15, 0.2) is 53.7 Å². The number of rotatable bonds is 5. The van der Waals surface area contributed by atoms with Gasteiger partial charge in [-0.15, -0.1) is 0 Å². The van der Waals surface area contributed by atoms with Crippen LogP contribution in [0.2, 0.25) is 10.0 Å². The Labute approximate surface area is 196 Å². The predicted octanol–water partition coefficient (Wildman–Crippen LogP) is 1.85. The van der Waals surface area contributed by atoms with Gasteiger partial charge < -0.3 is 5.43 Å². The first-order chi connectivity index (χ1) is 15.8. The van der Waals surface area contributed by atoms with Gasteiger partial charge in [-0.1, -0.05) is 35.3 Å². The molecule has 2 aromatic rings. The van der Waals surface area contributed by atoms with Crippen molar-refractivity contribution in [3.63, 3.8) is 0 Å². The SMILES string of the molecule is O=C(CCN1C(=O)c2ccccc2C1=O)C1=C2C(=O)N(c3cc(Cl)cc(Cl)c3)C(=O)[C@@H]2NN1.